The first-order valence-corrected chi connectivity index (χ1v) is 8.55. The van der Waals surface area contributed by atoms with E-state index in [1.807, 2.05) is 38.1 Å². The number of amides is 2. The lowest BCUT2D eigenvalue weighted by molar-refractivity contribution is -0.123. The van der Waals surface area contributed by atoms with Crippen molar-refractivity contribution >= 4 is 41.7 Å². The Morgan fingerprint density at radius 3 is 2.65 bits per heavy atom. The molecule has 0 atom stereocenters. The van der Waals surface area contributed by atoms with Gasteiger partial charge in [0.15, 0.2) is 0 Å². The number of fused-ring (bicyclic) bond motifs is 1. The second kappa shape index (κ2) is 8.57. The molecule has 3 N–H and O–H groups in total. The number of hydrogen-bond donors (Lipinski definition) is 2. The lowest BCUT2D eigenvalue weighted by atomic mass is 9.94. The maximum Gasteiger partial charge on any atom is 0.240 e. The zero-order chi connectivity index (χ0) is 16.2. The van der Waals surface area contributed by atoms with Gasteiger partial charge < -0.3 is 16.0 Å². The van der Waals surface area contributed by atoms with Gasteiger partial charge in [0.25, 0.3) is 0 Å². The molecule has 1 aromatic rings. The molecule has 0 aliphatic carbocycles. The van der Waals surface area contributed by atoms with Gasteiger partial charge in [-0.25, -0.2) is 0 Å². The summed E-state index contributed by atoms with van der Waals surface area (Å²) in [4.78, 5) is 26.9. The molecule has 1 aromatic carbocycles. The number of thioether (sulfide) groups is 1. The van der Waals surface area contributed by atoms with Crippen LogP contribution in [0.15, 0.2) is 29.2 Å². The molecule has 0 radical (unpaired) electrons. The number of nitrogens with two attached hydrogens (primary N) is 1. The minimum Gasteiger partial charge on any atom is -0.353 e. The van der Waals surface area contributed by atoms with Crippen LogP contribution in [0.1, 0.15) is 26.7 Å². The number of carbonyl (C=O) groups is 2. The van der Waals surface area contributed by atoms with Crippen LogP contribution in [-0.2, 0) is 9.59 Å². The quantitative estimate of drug-likeness (QED) is 0.818. The summed E-state index contributed by atoms with van der Waals surface area (Å²) >= 11 is 1.51. The molecule has 23 heavy (non-hydrogen) atoms. The lowest BCUT2D eigenvalue weighted by Crippen LogP contribution is -2.51. The highest BCUT2D eigenvalue weighted by Gasteiger charge is 2.27. The Bertz CT molecular complexity index is 564. The second-order valence-electron chi connectivity index (χ2n) is 5.58. The Hall–Kier alpha value is -1.24. The summed E-state index contributed by atoms with van der Waals surface area (Å²) in [5.41, 5.74) is 6.61. The van der Waals surface area contributed by atoms with Crippen LogP contribution in [0.4, 0.5) is 5.69 Å². The van der Waals surface area contributed by atoms with Crippen LogP contribution in [0.25, 0.3) is 0 Å². The maximum atomic E-state index is 12.2. The average molecular weight is 358 g/mol. The van der Waals surface area contributed by atoms with Gasteiger partial charge >= 0.3 is 0 Å². The summed E-state index contributed by atoms with van der Waals surface area (Å²) in [7, 11) is 0. The first-order valence-electron chi connectivity index (χ1n) is 7.57. The average Bonchev–Trinajstić information content (AvgIpc) is 2.55. The SMILES string of the molecule is CCC(N)(CC)CNC(=O)CN1C(=O)CSc2ccccc21.Cl. The number of nitrogens with zero attached hydrogens (tertiary/aromatic N) is 1. The Balaban J connectivity index is 0.00000264. The highest BCUT2D eigenvalue weighted by atomic mass is 35.5. The molecule has 5 nitrogen and oxygen atoms in total. The van der Waals surface area contributed by atoms with E-state index < -0.39 is 0 Å². The van der Waals surface area contributed by atoms with E-state index in [-0.39, 0.29) is 36.3 Å². The highest BCUT2D eigenvalue weighted by molar-refractivity contribution is 8.00. The number of hydrogen-bond acceptors (Lipinski definition) is 4. The molecule has 0 bridgehead atoms. The van der Waals surface area contributed by atoms with E-state index in [4.69, 9.17) is 5.73 Å². The van der Waals surface area contributed by atoms with Crippen molar-refractivity contribution in [3.05, 3.63) is 24.3 Å². The van der Waals surface area contributed by atoms with Gasteiger partial charge in [0.05, 0.1) is 11.4 Å². The molecule has 0 aromatic heterocycles. The number of benzene rings is 1. The van der Waals surface area contributed by atoms with Crippen molar-refractivity contribution in [3.8, 4) is 0 Å². The van der Waals surface area contributed by atoms with E-state index in [0.29, 0.717) is 12.3 Å². The molecule has 128 valence electrons. The number of para-hydroxylation sites is 1. The van der Waals surface area contributed by atoms with E-state index in [1.54, 1.807) is 4.90 Å². The number of carbonyl (C=O) groups excluding carboxylic acids is 2. The summed E-state index contributed by atoms with van der Waals surface area (Å²) < 4.78 is 0. The van der Waals surface area contributed by atoms with E-state index in [2.05, 4.69) is 5.32 Å². The van der Waals surface area contributed by atoms with Gasteiger partial charge in [0, 0.05) is 17.0 Å². The van der Waals surface area contributed by atoms with Crippen LogP contribution in [0.2, 0.25) is 0 Å². The smallest absolute Gasteiger partial charge is 0.240 e. The van der Waals surface area contributed by atoms with E-state index in [0.717, 1.165) is 23.4 Å². The topological polar surface area (TPSA) is 75.4 Å². The zero-order valence-corrected chi connectivity index (χ0v) is 15.1. The van der Waals surface area contributed by atoms with Gasteiger partial charge in [0.2, 0.25) is 11.8 Å². The van der Waals surface area contributed by atoms with Gasteiger partial charge in [-0.3, -0.25) is 9.59 Å². The molecular weight excluding hydrogens is 334 g/mol. The molecule has 7 heteroatoms. The third-order valence-corrected chi connectivity index (χ3v) is 5.20. The Kier molecular flexibility index (Phi) is 7.38. The van der Waals surface area contributed by atoms with Crippen molar-refractivity contribution in [2.75, 3.05) is 23.7 Å². The Labute approximate surface area is 147 Å². The van der Waals surface area contributed by atoms with Crippen molar-refractivity contribution in [2.24, 2.45) is 5.73 Å². The van der Waals surface area contributed by atoms with Gasteiger partial charge in [0.1, 0.15) is 6.54 Å². The molecule has 0 saturated carbocycles. The van der Waals surface area contributed by atoms with Crippen molar-refractivity contribution in [2.45, 2.75) is 37.1 Å². The van der Waals surface area contributed by atoms with Crippen molar-refractivity contribution in [1.82, 2.24) is 5.32 Å². The van der Waals surface area contributed by atoms with Crippen LogP contribution in [-0.4, -0.2) is 36.2 Å². The third-order valence-electron chi connectivity index (χ3n) is 4.16. The first kappa shape index (κ1) is 19.8. The molecule has 0 unspecified atom stereocenters. The molecular formula is C16H24ClN3O2S. The van der Waals surface area contributed by atoms with Crippen molar-refractivity contribution < 1.29 is 9.59 Å². The molecule has 0 saturated heterocycles. The lowest BCUT2D eigenvalue weighted by Gasteiger charge is -2.30. The van der Waals surface area contributed by atoms with Gasteiger partial charge in [-0.2, -0.15) is 0 Å². The third kappa shape index (κ3) is 4.86. The minimum atomic E-state index is -0.380. The molecule has 1 aliphatic heterocycles. The molecule has 0 spiro atoms. The monoisotopic (exact) mass is 357 g/mol. The molecule has 1 aliphatic rings. The standard InChI is InChI=1S/C16H23N3O2S.ClH/c1-3-16(17,4-2)11-18-14(20)9-19-12-7-5-6-8-13(12)22-10-15(19)21;/h5-8H,3-4,9-11,17H2,1-2H3,(H,18,20);1H. The van der Waals surface area contributed by atoms with Gasteiger partial charge in [-0.15, -0.1) is 24.2 Å². The zero-order valence-electron chi connectivity index (χ0n) is 13.5. The van der Waals surface area contributed by atoms with Crippen molar-refractivity contribution in [1.29, 1.82) is 0 Å². The van der Waals surface area contributed by atoms with E-state index in [1.165, 1.54) is 11.8 Å². The summed E-state index contributed by atoms with van der Waals surface area (Å²) in [6.07, 6.45) is 1.60. The van der Waals surface area contributed by atoms with Gasteiger partial charge in [-0.05, 0) is 25.0 Å². The van der Waals surface area contributed by atoms with Crippen LogP contribution in [0, 0.1) is 0 Å². The molecule has 2 rings (SSSR count). The van der Waals surface area contributed by atoms with Crippen LogP contribution in [0.5, 0.6) is 0 Å². The van der Waals surface area contributed by atoms with Crippen molar-refractivity contribution in [3.63, 3.8) is 0 Å². The van der Waals surface area contributed by atoms with Crippen LogP contribution >= 0.6 is 24.2 Å². The normalized spacial score (nSPS) is 14.0. The number of halogens is 1. The summed E-state index contributed by atoms with van der Waals surface area (Å²) in [6.45, 7) is 4.49. The highest BCUT2D eigenvalue weighted by Crippen LogP contribution is 2.34. The fraction of sp³-hybridized carbons (Fsp3) is 0.500. The summed E-state index contributed by atoms with van der Waals surface area (Å²) in [6, 6.07) is 7.65. The van der Waals surface area contributed by atoms with Gasteiger partial charge in [-0.1, -0.05) is 26.0 Å². The second-order valence-corrected chi connectivity index (χ2v) is 6.60. The predicted octanol–water partition coefficient (Wildman–Crippen LogP) is 2.18. The minimum absolute atomic E-state index is 0. The predicted molar refractivity (Wildman–Crippen MR) is 97.3 cm³/mol. The fourth-order valence-electron chi connectivity index (χ4n) is 2.30. The van der Waals surface area contributed by atoms with E-state index in [9.17, 15) is 9.59 Å². The first-order chi connectivity index (χ1) is 10.5. The molecule has 2 amide bonds. The Morgan fingerprint density at radius 2 is 2.00 bits per heavy atom. The number of anilines is 1. The van der Waals surface area contributed by atoms with Crippen LogP contribution in [0.3, 0.4) is 0 Å². The van der Waals surface area contributed by atoms with Crippen LogP contribution < -0.4 is 16.0 Å². The fourth-order valence-corrected chi connectivity index (χ4v) is 3.24. The molecule has 0 fully saturated rings. The Morgan fingerprint density at radius 1 is 1.35 bits per heavy atom. The van der Waals surface area contributed by atoms with E-state index >= 15 is 0 Å². The molecule has 1 heterocycles. The largest absolute Gasteiger partial charge is 0.353 e. The number of nitrogens with one attached hydrogen (secondary N) is 1. The maximum absolute atomic E-state index is 12.2. The summed E-state index contributed by atoms with van der Waals surface area (Å²) in [5.74, 6) is 0.158. The number of rotatable bonds is 6. The summed E-state index contributed by atoms with van der Waals surface area (Å²) in [5, 5.41) is 2.86.